The minimum absolute atomic E-state index is 0.175. The predicted octanol–water partition coefficient (Wildman–Crippen LogP) is 2.95. The van der Waals surface area contributed by atoms with Gasteiger partial charge in [0.1, 0.15) is 5.82 Å². The molecule has 1 aliphatic heterocycles. The monoisotopic (exact) mass is 213 g/mol. The van der Waals surface area contributed by atoms with E-state index in [1.807, 2.05) is 0 Å². The molecule has 0 unspecified atom stereocenters. The Kier molecular flexibility index (Phi) is 3.04. The summed E-state index contributed by atoms with van der Waals surface area (Å²) in [5.74, 6) is 0.132. The van der Waals surface area contributed by atoms with Gasteiger partial charge in [0, 0.05) is 11.6 Å². The Balaban J connectivity index is 2.22. The van der Waals surface area contributed by atoms with Crippen molar-refractivity contribution in [3.63, 3.8) is 0 Å². The lowest BCUT2D eigenvalue weighted by atomic mass is 9.91. The summed E-state index contributed by atoms with van der Waals surface area (Å²) in [5, 5.41) is 3.74. The zero-order chi connectivity index (χ0) is 9.97. The molecular formula is C11H13ClFN. The van der Waals surface area contributed by atoms with Gasteiger partial charge < -0.3 is 5.32 Å². The molecule has 1 aromatic carbocycles. The number of piperidine rings is 1. The van der Waals surface area contributed by atoms with Gasteiger partial charge in [0.2, 0.25) is 0 Å². The minimum atomic E-state index is -0.175. The molecule has 3 heteroatoms. The quantitative estimate of drug-likeness (QED) is 0.757. The number of halogens is 2. The fraction of sp³-hybridized carbons (Fsp3) is 0.455. The van der Waals surface area contributed by atoms with Crippen molar-refractivity contribution in [3.8, 4) is 0 Å². The Bertz CT molecular complexity index is 321. The molecule has 0 aliphatic carbocycles. The van der Waals surface area contributed by atoms with Gasteiger partial charge in [-0.25, -0.2) is 4.39 Å². The van der Waals surface area contributed by atoms with E-state index in [4.69, 9.17) is 11.6 Å². The van der Waals surface area contributed by atoms with Crippen LogP contribution in [0.5, 0.6) is 0 Å². The van der Waals surface area contributed by atoms with Crippen LogP contribution in [-0.4, -0.2) is 13.1 Å². The lowest BCUT2D eigenvalue weighted by Gasteiger charge is -2.23. The van der Waals surface area contributed by atoms with Crippen LogP contribution in [0.4, 0.5) is 4.39 Å². The van der Waals surface area contributed by atoms with E-state index >= 15 is 0 Å². The fourth-order valence-electron chi connectivity index (χ4n) is 1.95. The second-order valence-corrected chi connectivity index (χ2v) is 4.15. The van der Waals surface area contributed by atoms with Crippen LogP contribution >= 0.6 is 11.6 Å². The normalized spacial score (nSPS) is 22.3. The fourth-order valence-corrected chi connectivity index (χ4v) is 2.11. The molecule has 1 atom stereocenters. The van der Waals surface area contributed by atoms with E-state index in [9.17, 15) is 4.39 Å². The van der Waals surface area contributed by atoms with E-state index in [1.54, 1.807) is 12.1 Å². The van der Waals surface area contributed by atoms with Gasteiger partial charge in [-0.15, -0.1) is 0 Å². The van der Waals surface area contributed by atoms with Crippen LogP contribution in [0.3, 0.4) is 0 Å². The highest BCUT2D eigenvalue weighted by atomic mass is 35.5. The second-order valence-electron chi connectivity index (χ2n) is 3.71. The Morgan fingerprint density at radius 1 is 1.43 bits per heavy atom. The first-order valence-corrected chi connectivity index (χ1v) is 5.31. The standard InChI is InChI=1S/C11H13ClFN/c12-9-3-4-10(11(13)6-9)8-2-1-5-14-7-8/h3-4,6,8,14H,1-2,5,7H2/t8-/m1/s1. The molecule has 1 aliphatic rings. The first-order valence-electron chi connectivity index (χ1n) is 4.93. The number of nitrogens with one attached hydrogen (secondary N) is 1. The molecule has 1 saturated heterocycles. The largest absolute Gasteiger partial charge is 0.316 e. The summed E-state index contributed by atoms with van der Waals surface area (Å²) in [5.41, 5.74) is 0.793. The summed E-state index contributed by atoms with van der Waals surface area (Å²) >= 11 is 5.70. The van der Waals surface area contributed by atoms with Crippen LogP contribution < -0.4 is 5.32 Å². The predicted molar refractivity (Wildman–Crippen MR) is 56.3 cm³/mol. The van der Waals surface area contributed by atoms with Crippen molar-refractivity contribution >= 4 is 11.6 Å². The van der Waals surface area contributed by atoms with Crippen LogP contribution in [0.15, 0.2) is 18.2 Å². The first-order chi connectivity index (χ1) is 6.77. The highest BCUT2D eigenvalue weighted by Gasteiger charge is 2.18. The highest BCUT2D eigenvalue weighted by Crippen LogP contribution is 2.27. The molecule has 76 valence electrons. The molecule has 0 spiro atoms. The number of benzene rings is 1. The average molecular weight is 214 g/mol. The van der Waals surface area contributed by atoms with E-state index in [1.165, 1.54) is 6.07 Å². The van der Waals surface area contributed by atoms with E-state index in [-0.39, 0.29) is 5.82 Å². The number of hydrogen-bond donors (Lipinski definition) is 1. The smallest absolute Gasteiger partial charge is 0.128 e. The zero-order valence-corrected chi connectivity index (χ0v) is 8.65. The molecule has 1 aromatic rings. The van der Waals surface area contributed by atoms with E-state index in [2.05, 4.69) is 5.32 Å². The van der Waals surface area contributed by atoms with E-state index in [0.717, 1.165) is 31.5 Å². The van der Waals surface area contributed by atoms with Gasteiger partial charge in [-0.05, 0) is 43.0 Å². The average Bonchev–Trinajstić information content (AvgIpc) is 2.19. The van der Waals surface area contributed by atoms with Crippen molar-refractivity contribution in [3.05, 3.63) is 34.6 Å². The first kappa shape index (κ1) is 9.94. The van der Waals surface area contributed by atoms with Crippen LogP contribution in [-0.2, 0) is 0 Å². The summed E-state index contributed by atoms with van der Waals surface area (Å²) in [6.07, 6.45) is 2.18. The maximum Gasteiger partial charge on any atom is 0.128 e. The summed E-state index contributed by atoms with van der Waals surface area (Å²) in [6.45, 7) is 1.92. The second kappa shape index (κ2) is 4.28. The SMILES string of the molecule is Fc1cc(Cl)ccc1[C@@H]1CCCNC1. The van der Waals surface area contributed by atoms with Gasteiger partial charge in [0.25, 0.3) is 0 Å². The van der Waals surface area contributed by atoms with Gasteiger partial charge in [-0.3, -0.25) is 0 Å². The third-order valence-electron chi connectivity index (χ3n) is 2.70. The Morgan fingerprint density at radius 2 is 2.29 bits per heavy atom. The van der Waals surface area contributed by atoms with Crippen molar-refractivity contribution < 1.29 is 4.39 Å². The van der Waals surface area contributed by atoms with Gasteiger partial charge >= 0.3 is 0 Å². The maximum absolute atomic E-state index is 13.5. The lowest BCUT2D eigenvalue weighted by molar-refractivity contribution is 0.446. The molecule has 0 bridgehead atoms. The summed E-state index contributed by atoms with van der Waals surface area (Å²) in [6, 6.07) is 4.95. The molecule has 1 N–H and O–H groups in total. The van der Waals surface area contributed by atoms with Crippen molar-refractivity contribution in [2.45, 2.75) is 18.8 Å². The van der Waals surface area contributed by atoms with Crippen molar-refractivity contribution in [1.29, 1.82) is 0 Å². The van der Waals surface area contributed by atoms with Crippen molar-refractivity contribution in [2.75, 3.05) is 13.1 Å². The Morgan fingerprint density at radius 3 is 2.93 bits per heavy atom. The Hall–Kier alpha value is -0.600. The van der Waals surface area contributed by atoms with Crippen LogP contribution in [0.25, 0.3) is 0 Å². The van der Waals surface area contributed by atoms with Crippen LogP contribution in [0.2, 0.25) is 5.02 Å². The molecule has 1 nitrogen and oxygen atoms in total. The molecule has 2 rings (SSSR count). The summed E-state index contributed by atoms with van der Waals surface area (Å²) < 4.78 is 13.5. The molecule has 1 heterocycles. The summed E-state index contributed by atoms with van der Waals surface area (Å²) in [7, 11) is 0. The van der Waals surface area contributed by atoms with Crippen LogP contribution in [0.1, 0.15) is 24.3 Å². The third-order valence-corrected chi connectivity index (χ3v) is 2.93. The van der Waals surface area contributed by atoms with Crippen molar-refractivity contribution in [1.82, 2.24) is 5.32 Å². The van der Waals surface area contributed by atoms with Gasteiger partial charge in [-0.1, -0.05) is 17.7 Å². The van der Waals surface area contributed by atoms with Gasteiger partial charge in [0.05, 0.1) is 0 Å². The van der Waals surface area contributed by atoms with E-state index < -0.39 is 0 Å². The van der Waals surface area contributed by atoms with Gasteiger partial charge in [0.15, 0.2) is 0 Å². The topological polar surface area (TPSA) is 12.0 Å². The zero-order valence-electron chi connectivity index (χ0n) is 7.89. The molecule has 14 heavy (non-hydrogen) atoms. The van der Waals surface area contributed by atoms with Crippen molar-refractivity contribution in [2.24, 2.45) is 0 Å². The van der Waals surface area contributed by atoms with Gasteiger partial charge in [-0.2, -0.15) is 0 Å². The minimum Gasteiger partial charge on any atom is -0.316 e. The molecule has 1 fully saturated rings. The number of rotatable bonds is 1. The summed E-state index contributed by atoms with van der Waals surface area (Å²) in [4.78, 5) is 0. The molecule has 0 radical (unpaired) electrons. The molecule has 0 amide bonds. The molecule has 0 saturated carbocycles. The van der Waals surface area contributed by atoms with E-state index in [0.29, 0.717) is 10.9 Å². The highest BCUT2D eigenvalue weighted by molar-refractivity contribution is 6.30. The molecular weight excluding hydrogens is 201 g/mol. The maximum atomic E-state index is 13.5. The molecule has 0 aromatic heterocycles. The number of hydrogen-bond acceptors (Lipinski definition) is 1. The lowest BCUT2D eigenvalue weighted by Crippen LogP contribution is -2.28. The Labute approximate surface area is 88.3 Å². The third kappa shape index (κ3) is 2.07. The van der Waals surface area contributed by atoms with Crippen LogP contribution in [0, 0.1) is 5.82 Å².